The molecule has 0 aromatic heterocycles. The van der Waals surface area contributed by atoms with Crippen LogP contribution in [0.25, 0.3) is 0 Å². The highest BCUT2D eigenvalue weighted by Gasteiger charge is 2.29. The number of carbonyl (C=O) groups is 1. The summed E-state index contributed by atoms with van der Waals surface area (Å²) in [5, 5.41) is 2.91. The van der Waals surface area contributed by atoms with E-state index in [0.29, 0.717) is 18.7 Å². The van der Waals surface area contributed by atoms with Gasteiger partial charge in [0.1, 0.15) is 0 Å². The van der Waals surface area contributed by atoms with Crippen molar-refractivity contribution in [1.82, 2.24) is 15.1 Å². The molecule has 3 aliphatic heterocycles. The third-order valence-electron chi connectivity index (χ3n) is 5.53. The van der Waals surface area contributed by atoms with E-state index in [-0.39, 0.29) is 17.5 Å². The van der Waals surface area contributed by atoms with Gasteiger partial charge < -0.3 is 15.1 Å². The number of anilines is 1. The summed E-state index contributed by atoms with van der Waals surface area (Å²) in [7, 11) is -3.50. The van der Waals surface area contributed by atoms with Gasteiger partial charge in [0.25, 0.3) is 15.9 Å². The van der Waals surface area contributed by atoms with Gasteiger partial charge in [0, 0.05) is 51.2 Å². The number of hydrogen-bond acceptors (Lipinski definition) is 6. The van der Waals surface area contributed by atoms with E-state index in [2.05, 4.69) is 43.8 Å². The lowest BCUT2D eigenvalue weighted by Gasteiger charge is -2.36. The molecule has 0 saturated carbocycles. The summed E-state index contributed by atoms with van der Waals surface area (Å²) in [6, 6.07) is 10.4. The number of amidine groups is 1. The number of nitrogens with zero attached hydrogens (tertiary/aromatic N) is 4. The number of amides is 1. The molecular formula is C21H27N5O3S. The first-order chi connectivity index (χ1) is 14.5. The Kier molecular flexibility index (Phi) is 6.19. The van der Waals surface area contributed by atoms with Crippen LogP contribution >= 0.6 is 0 Å². The number of sulfonamides is 1. The number of nitrogens with one attached hydrogen (secondary N) is 1. The molecule has 4 rings (SSSR count). The molecule has 1 fully saturated rings. The van der Waals surface area contributed by atoms with Crippen LogP contribution in [0.4, 0.5) is 5.69 Å². The summed E-state index contributed by atoms with van der Waals surface area (Å²) in [4.78, 5) is 19.1. The zero-order valence-corrected chi connectivity index (χ0v) is 17.7. The molecular weight excluding hydrogens is 402 g/mol. The maximum atomic E-state index is 12.6. The minimum Gasteiger partial charge on any atom is -0.369 e. The van der Waals surface area contributed by atoms with Crippen LogP contribution in [-0.4, -0.2) is 81.5 Å². The Balaban J connectivity index is 1.22. The Morgan fingerprint density at radius 1 is 1.07 bits per heavy atom. The van der Waals surface area contributed by atoms with Crippen LogP contribution in [0.5, 0.6) is 0 Å². The number of para-hydroxylation sites is 1. The lowest BCUT2D eigenvalue weighted by molar-refractivity contribution is -0.117. The second-order valence-electron chi connectivity index (χ2n) is 7.59. The summed E-state index contributed by atoms with van der Waals surface area (Å²) >= 11 is 0. The predicted octanol–water partition coefficient (Wildman–Crippen LogP) is 0.813. The number of benzene rings is 1. The van der Waals surface area contributed by atoms with E-state index < -0.39 is 10.0 Å². The van der Waals surface area contributed by atoms with Gasteiger partial charge >= 0.3 is 0 Å². The SMILES string of the molecule is O=C(NCCCN1CCN(c2ccccc2)CC1)C1=CC=CN2CCS(=O)(=O)N=C12. The molecule has 160 valence electrons. The molecule has 1 amide bonds. The lowest BCUT2D eigenvalue weighted by Crippen LogP contribution is -2.47. The Hall–Kier alpha value is -2.65. The fourth-order valence-electron chi connectivity index (χ4n) is 3.86. The normalized spacial score (nSPS) is 20.9. The van der Waals surface area contributed by atoms with Gasteiger partial charge in [0.15, 0.2) is 5.84 Å². The molecule has 0 atom stereocenters. The molecule has 30 heavy (non-hydrogen) atoms. The van der Waals surface area contributed by atoms with Crippen molar-refractivity contribution in [3.63, 3.8) is 0 Å². The Bertz CT molecular complexity index is 964. The van der Waals surface area contributed by atoms with Crippen molar-refractivity contribution < 1.29 is 13.2 Å². The van der Waals surface area contributed by atoms with Gasteiger partial charge in [-0.1, -0.05) is 18.2 Å². The van der Waals surface area contributed by atoms with Gasteiger partial charge in [-0.05, 0) is 37.3 Å². The van der Waals surface area contributed by atoms with E-state index in [0.717, 1.165) is 39.1 Å². The maximum Gasteiger partial charge on any atom is 0.256 e. The number of fused-ring (bicyclic) bond motifs is 1. The highest BCUT2D eigenvalue weighted by atomic mass is 32.2. The van der Waals surface area contributed by atoms with Gasteiger partial charge in [0.2, 0.25) is 0 Å². The van der Waals surface area contributed by atoms with Crippen LogP contribution in [-0.2, 0) is 14.8 Å². The first-order valence-corrected chi connectivity index (χ1v) is 11.9. The largest absolute Gasteiger partial charge is 0.369 e. The molecule has 0 aliphatic carbocycles. The van der Waals surface area contributed by atoms with Gasteiger partial charge in [0.05, 0.1) is 11.3 Å². The van der Waals surface area contributed by atoms with Crippen LogP contribution < -0.4 is 10.2 Å². The fourth-order valence-corrected chi connectivity index (χ4v) is 4.85. The number of allylic oxidation sites excluding steroid dienone is 2. The molecule has 3 aliphatic rings. The third-order valence-corrected chi connectivity index (χ3v) is 6.68. The predicted molar refractivity (Wildman–Crippen MR) is 118 cm³/mol. The van der Waals surface area contributed by atoms with Crippen LogP contribution in [0, 0.1) is 0 Å². The number of carbonyl (C=O) groups excluding carboxylic acids is 1. The van der Waals surface area contributed by atoms with Crippen molar-refractivity contribution in [3.8, 4) is 0 Å². The van der Waals surface area contributed by atoms with E-state index in [9.17, 15) is 13.2 Å². The molecule has 3 heterocycles. The highest BCUT2D eigenvalue weighted by molar-refractivity contribution is 7.90. The first kappa shape index (κ1) is 20.6. The fraction of sp³-hybridized carbons (Fsp3) is 0.429. The summed E-state index contributed by atoms with van der Waals surface area (Å²) < 4.78 is 27.4. The monoisotopic (exact) mass is 429 g/mol. The van der Waals surface area contributed by atoms with Crippen LogP contribution in [0.3, 0.4) is 0 Å². The maximum absolute atomic E-state index is 12.6. The molecule has 0 spiro atoms. The Morgan fingerprint density at radius 2 is 1.83 bits per heavy atom. The third kappa shape index (κ3) is 4.91. The lowest BCUT2D eigenvalue weighted by atomic mass is 10.1. The van der Waals surface area contributed by atoms with Crippen molar-refractivity contribution >= 4 is 27.5 Å². The quantitative estimate of drug-likeness (QED) is 0.674. The van der Waals surface area contributed by atoms with E-state index in [1.807, 2.05) is 6.07 Å². The molecule has 1 N–H and O–H groups in total. The zero-order chi connectivity index (χ0) is 21.0. The number of rotatable bonds is 6. The van der Waals surface area contributed by atoms with Crippen LogP contribution in [0.15, 0.2) is 58.7 Å². The second kappa shape index (κ2) is 9.01. The highest BCUT2D eigenvalue weighted by Crippen LogP contribution is 2.18. The minimum absolute atomic E-state index is 0.0344. The van der Waals surface area contributed by atoms with Gasteiger partial charge in [-0.25, -0.2) is 8.42 Å². The molecule has 9 heteroatoms. The van der Waals surface area contributed by atoms with Crippen molar-refractivity contribution in [2.75, 3.05) is 56.5 Å². The molecule has 1 saturated heterocycles. The number of hydrogen-bond donors (Lipinski definition) is 1. The Labute approximate surface area is 177 Å². The standard InChI is InChI=1S/C21H27N5O3S/c27-21(19-8-4-11-26-16-17-30(28,29)23-20(19)26)22-9-5-10-24-12-14-25(15-13-24)18-6-2-1-3-7-18/h1-4,6-8,11H,5,9-10,12-17H2,(H,22,27). The van der Waals surface area contributed by atoms with Crippen molar-refractivity contribution in [1.29, 1.82) is 0 Å². The topological polar surface area (TPSA) is 85.3 Å². The average Bonchev–Trinajstić information content (AvgIpc) is 2.76. The summed E-state index contributed by atoms with van der Waals surface area (Å²) in [6.07, 6.45) is 5.96. The first-order valence-electron chi connectivity index (χ1n) is 10.3. The molecule has 0 radical (unpaired) electrons. The Morgan fingerprint density at radius 3 is 2.60 bits per heavy atom. The molecule has 1 aromatic rings. The van der Waals surface area contributed by atoms with Gasteiger partial charge in [-0.15, -0.1) is 4.40 Å². The van der Waals surface area contributed by atoms with Crippen LogP contribution in [0.2, 0.25) is 0 Å². The van der Waals surface area contributed by atoms with Gasteiger partial charge in [-0.2, -0.15) is 0 Å². The molecule has 0 bridgehead atoms. The number of piperazine rings is 1. The summed E-state index contributed by atoms with van der Waals surface area (Å²) in [5.41, 5.74) is 1.57. The average molecular weight is 430 g/mol. The van der Waals surface area contributed by atoms with E-state index in [1.165, 1.54) is 5.69 Å². The second-order valence-corrected chi connectivity index (χ2v) is 9.34. The van der Waals surface area contributed by atoms with E-state index in [1.54, 1.807) is 23.3 Å². The molecule has 1 aromatic carbocycles. The van der Waals surface area contributed by atoms with E-state index in [4.69, 9.17) is 0 Å². The minimum atomic E-state index is -3.50. The molecule has 8 nitrogen and oxygen atoms in total. The van der Waals surface area contributed by atoms with Crippen LogP contribution in [0.1, 0.15) is 6.42 Å². The summed E-state index contributed by atoms with van der Waals surface area (Å²) in [5.74, 6) is -0.0971. The van der Waals surface area contributed by atoms with Gasteiger partial charge in [-0.3, -0.25) is 9.69 Å². The smallest absolute Gasteiger partial charge is 0.256 e. The van der Waals surface area contributed by atoms with Crippen molar-refractivity contribution in [2.45, 2.75) is 6.42 Å². The zero-order valence-electron chi connectivity index (χ0n) is 16.9. The van der Waals surface area contributed by atoms with Crippen molar-refractivity contribution in [2.24, 2.45) is 4.40 Å². The molecule has 0 unspecified atom stereocenters. The van der Waals surface area contributed by atoms with Crippen molar-refractivity contribution in [3.05, 3.63) is 54.3 Å². The van der Waals surface area contributed by atoms with E-state index >= 15 is 0 Å². The summed E-state index contributed by atoms with van der Waals surface area (Å²) in [6.45, 7) is 5.78.